The van der Waals surface area contributed by atoms with E-state index in [2.05, 4.69) is 31.0 Å². The smallest absolute Gasteiger partial charge is 0.00332 e. The first-order valence-corrected chi connectivity index (χ1v) is 7.57. The van der Waals surface area contributed by atoms with Crippen LogP contribution in [0.4, 0.5) is 0 Å². The fourth-order valence-electron chi connectivity index (χ4n) is 2.66. The summed E-state index contributed by atoms with van der Waals surface area (Å²) in [5.41, 5.74) is 0.573. The second kappa shape index (κ2) is 8.10. The van der Waals surface area contributed by atoms with Crippen molar-refractivity contribution in [3.63, 3.8) is 0 Å². The third-order valence-corrected chi connectivity index (χ3v) is 3.76. The molecule has 0 saturated carbocycles. The zero-order valence-electron chi connectivity index (χ0n) is 12.2. The van der Waals surface area contributed by atoms with Gasteiger partial charge in [-0.05, 0) is 57.3 Å². The Labute approximate surface area is 108 Å². The Balaban J connectivity index is 1.85. The maximum Gasteiger partial charge on any atom is 0.00332 e. The highest BCUT2D eigenvalue weighted by molar-refractivity contribution is 4.82. The van der Waals surface area contributed by atoms with E-state index in [-0.39, 0.29) is 0 Å². The lowest BCUT2D eigenvalue weighted by Gasteiger charge is -2.19. The molecule has 0 bridgehead atoms. The maximum atomic E-state index is 3.47. The van der Waals surface area contributed by atoms with Gasteiger partial charge in [-0.15, -0.1) is 0 Å². The Kier molecular flexibility index (Phi) is 7.14. The highest BCUT2D eigenvalue weighted by Gasteiger charge is 2.28. The molecule has 17 heavy (non-hydrogen) atoms. The van der Waals surface area contributed by atoms with Crippen LogP contribution in [0.5, 0.6) is 0 Å². The number of hydrogen-bond acceptors (Lipinski definition) is 2. The lowest BCUT2D eigenvalue weighted by atomic mass is 9.93. The van der Waals surface area contributed by atoms with E-state index in [0.717, 1.165) is 0 Å². The number of hydrogen-bond donors (Lipinski definition) is 1. The van der Waals surface area contributed by atoms with Crippen LogP contribution >= 0.6 is 0 Å². The standard InChI is InChI=1S/C15H32N2/c1-4-10-16-11-7-5-6-8-12-17-13-9-15(2,3)14-17/h16H,4-14H2,1-3H3. The number of nitrogens with one attached hydrogen (secondary N) is 1. The van der Waals surface area contributed by atoms with E-state index in [0.29, 0.717) is 5.41 Å². The summed E-state index contributed by atoms with van der Waals surface area (Å²) >= 11 is 0. The van der Waals surface area contributed by atoms with Crippen molar-refractivity contribution in [1.82, 2.24) is 10.2 Å². The molecule has 0 amide bonds. The average Bonchev–Trinajstić information content (AvgIpc) is 2.62. The largest absolute Gasteiger partial charge is 0.317 e. The van der Waals surface area contributed by atoms with Crippen LogP contribution in [0.3, 0.4) is 0 Å². The van der Waals surface area contributed by atoms with Crippen molar-refractivity contribution >= 4 is 0 Å². The summed E-state index contributed by atoms with van der Waals surface area (Å²) in [5, 5.41) is 3.47. The lowest BCUT2D eigenvalue weighted by molar-refractivity contribution is 0.284. The first-order valence-electron chi connectivity index (χ1n) is 7.57. The molecule has 0 aliphatic carbocycles. The van der Waals surface area contributed by atoms with Crippen LogP contribution in [0.1, 0.15) is 59.3 Å². The van der Waals surface area contributed by atoms with E-state index < -0.39 is 0 Å². The Morgan fingerprint density at radius 3 is 2.47 bits per heavy atom. The molecule has 0 aromatic heterocycles. The topological polar surface area (TPSA) is 15.3 Å². The molecule has 0 aromatic rings. The van der Waals surface area contributed by atoms with Gasteiger partial charge >= 0.3 is 0 Å². The average molecular weight is 240 g/mol. The molecular formula is C15H32N2. The summed E-state index contributed by atoms with van der Waals surface area (Å²) in [5.74, 6) is 0. The molecule has 1 N–H and O–H groups in total. The number of unbranched alkanes of at least 4 members (excludes halogenated alkanes) is 3. The van der Waals surface area contributed by atoms with E-state index in [9.17, 15) is 0 Å². The summed E-state index contributed by atoms with van der Waals surface area (Å²) < 4.78 is 0. The molecule has 102 valence electrons. The molecule has 1 aliphatic heterocycles. The van der Waals surface area contributed by atoms with Gasteiger partial charge in [0.05, 0.1) is 0 Å². The van der Waals surface area contributed by atoms with Gasteiger partial charge in [0.1, 0.15) is 0 Å². The molecule has 1 fully saturated rings. The van der Waals surface area contributed by atoms with Gasteiger partial charge in [-0.3, -0.25) is 0 Å². The molecule has 0 unspecified atom stereocenters. The highest BCUT2D eigenvalue weighted by atomic mass is 15.1. The van der Waals surface area contributed by atoms with Crippen molar-refractivity contribution in [1.29, 1.82) is 0 Å². The Bertz CT molecular complexity index is 189. The molecule has 0 atom stereocenters. The van der Waals surface area contributed by atoms with Gasteiger partial charge in [0.2, 0.25) is 0 Å². The van der Waals surface area contributed by atoms with Crippen LogP contribution in [-0.4, -0.2) is 37.6 Å². The zero-order chi connectivity index (χ0) is 12.6. The van der Waals surface area contributed by atoms with E-state index in [1.165, 1.54) is 71.2 Å². The summed E-state index contributed by atoms with van der Waals surface area (Å²) in [7, 11) is 0. The van der Waals surface area contributed by atoms with Crippen LogP contribution in [0.25, 0.3) is 0 Å². The van der Waals surface area contributed by atoms with E-state index in [1.807, 2.05) is 0 Å². The summed E-state index contributed by atoms with van der Waals surface area (Å²) in [6.45, 7) is 13.4. The Morgan fingerprint density at radius 1 is 1.06 bits per heavy atom. The van der Waals surface area contributed by atoms with Crippen LogP contribution in [0.15, 0.2) is 0 Å². The number of rotatable bonds is 9. The van der Waals surface area contributed by atoms with Crippen LogP contribution in [-0.2, 0) is 0 Å². The van der Waals surface area contributed by atoms with Gasteiger partial charge in [-0.2, -0.15) is 0 Å². The SMILES string of the molecule is CCCNCCCCCCN1CCC(C)(C)C1. The van der Waals surface area contributed by atoms with Crippen molar-refractivity contribution < 1.29 is 0 Å². The van der Waals surface area contributed by atoms with Gasteiger partial charge in [-0.25, -0.2) is 0 Å². The molecule has 0 radical (unpaired) electrons. The summed E-state index contributed by atoms with van der Waals surface area (Å²) in [6.07, 6.45) is 8.19. The minimum Gasteiger partial charge on any atom is -0.317 e. The van der Waals surface area contributed by atoms with Crippen LogP contribution in [0, 0.1) is 5.41 Å². The summed E-state index contributed by atoms with van der Waals surface area (Å²) in [6, 6.07) is 0. The highest BCUT2D eigenvalue weighted by Crippen LogP contribution is 2.28. The van der Waals surface area contributed by atoms with Crippen LogP contribution in [0.2, 0.25) is 0 Å². The van der Waals surface area contributed by atoms with Gasteiger partial charge in [0, 0.05) is 6.54 Å². The van der Waals surface area contributed by atoms with E-state index in [1.54, 1.807) is 0 Å². The third-order valence-electron chi connectivity index (χ3n) is 3.76. The minimum absolute atomic E-state index is 0.573. The van der Waals surface area contributed by atoms with Gasteiger partial charge < -0.3 is 10.2 Å². The molecule has 2 nitrogen and oxygen atoms in total. The second-order valence-electron chi connectivity index (χ2n) is 6.35. The number of likely N-dealkylation sites (tertiary alicyclic amines) is 1. The first-order chi connectivity index (χ1) is 8.14. The third kappa shape index (κ3) is 7.05. The molecule has 2 heteroatoms. The first kappa shape index (κ1) is 15.0. The molecule has 1 heterocycles. The maximum absolute atomic E-state index is 3.47. The molecule has 1 saturated heterocycles. The normalized spacial score (nSPS) is 19.9. The molecule has 1 aliphatic rings. The predicted octanol–water partition coefficient (Wildman–Crippen LogP) is 3.28. The summed E-state index contributed by atoms with van der Waals surface area (Å²) in [4.78, 5) is 2.65. The number of nitrogens with zero attached hydrogens (tertiary/aromatic N) is 1. The van der Waals surface area contributed by atoms with Crippen molar-refractivity contribution in [2.24, 2.45) is 5.41 Å². The predicted molar refractivity (Wildman–Crippen MR) is 76.5 cm³/mol. The molecule has 0 spiro atoms. The van der Waals surface area contributed by atoms with E-state index in [4.69, 9.17) is 0 Å². The lowest BCUT2D eigenvalue weighted by Crippen LogP contribution is -2.24. The van der Waals surface area contributed by atoms with Crippen molar-refractivity contribution in [3.8, 4) is 0 Å². The van der Waals surface area contributed by atoms with Crippen LogP contribution < -0.4 is 5.32 Å². The molecule has 0 aromatic carbocycles. The Hall–Kier alpha value is -0.0800. The van der Waals surface area contributed by atoms with Crippen molar-refractivity contribution in [2.45, 2.75) is 59.3 Å². The van der Waals surface area contributed by atoms with Crippen molar-refractivity contribution in [2.75, 3.05) is 32.7 Å². The molecule has 1 rings (SSSR count). The van der Waals surface area contributed by atoms with E-state index >= 15 is 0 Å². The monoisotopic (exact) mass is 240 g/mol. The second-order valence-corrected chi connectivity index (χ2v) is 6.35. The van der Waals surface area contributed by atoms with Gasteiger partial charge in [-0.1, -0.05) is 33.6 Å². The fourth-order valence-corrected chi connectivity index (χ4v) is 2.66. The fraction of sp³-hybridized carbons (Fsp3) is 1.00. The molecular weight excluding hydrogens is 208 g/mol. The van der Waals surface area contributed by atoms with Crippen molar-refractivity contribution in [3.05, 3.63) is 0 Å². The Morgan fingerprint density at radius 2 is 1.82 bits per heavy atom. The minimum atomic E-state index is 0.573. The quantitative estimate of drug-likeness (QED) is 0.622. The van der Waals surface area contributed by atoms with Gasteiger partial charge in [0.15, 0.2) is 0 Å². The van der Waals surface area contributed by atoms with Gasteiger partial charge in [0.25, 0.3) is 0 Å². The zero-order valence-corrected chi connectivity index (χ0v) is 12.2.